The highest BCUT2D eigenvalue weighted by molar-refractivity contribution is 6.27. The first-order valence-electron chi connectivity index (χ1n) is 22.4. The van der Waals surface area contributed by atoms with Crippen LogP contribution in [-0.2, 0) is 34.8 Å². The maximum absolute atomic E-state index is 14.0. The predicted octanol–water partition coefficient (Wildman–Crippen LogP) is 10.3. The minimum Gasteiger partial charge on any atom is -0.461 e. The number of aliphatic hydroxyl groups excluding tert-OH is 1. The third-order valence-corrected chi connectivity index (χ3v) is 13.0. The van der Waals surface area contributed by atoms with Crippen molar-refractivity contribution in [1.82, 2.24) is 9.13 Å². The molecule has 0 fully saturated rings. The number of nitrogens with zero attached hydrogens (tertiary/aromatic N) is 2. The van der Waals surface area contributed by atoms with Gasteiger partial charge in [-0.2, -0.15) is 0 Å². The van der Waals surface area contributed by atoms with Gasteiger partial charge in [-0.05, 0) is 153 Å². The molecule has 0 aromatic carbocycles. The minimum absolute atomic E-state index is 0.0568. The first kappa shape index (κ1) is 49.5. The highest BCUT2D eigenvalue weighted by Gasteiger charge is 2.35. The average Bonchev–Trinajstić information content (AvgIpc) is 3.78. The number of aromatic nitrogens is 2. The maximum Gasteiger partial charge on any atom is 0.306 e. The van der Waals surface area contributed by atoms with E-state index in [0.717, 1.165) is 65.6 Å². The molecule has 2 aromatic heterocycles. The Morgan fingerprint density at radius 2 is 1.56 bits per heavy atom. The van der Waals surface area contributed by atoms with Crippen LogP contribution in [0.15, 0.2) is 57.2 Å². The van der Waals surface area contributed by atoms with Gasteiger partial charge in [-0.15, -0.1) is 0 Å². The normalized spacial score (nSPS) is 21.7. The van der Waals surface area contributed by atoms with E-state index in [1.807, 2.05) is 70.0 Å². The lowest BCUT2D eigenvalue weighted by Gasteiger charge is -2.26. The number of allylic oxidation sites excluding steroid dienone is 9. The average molecular weight is 845 g/mol. The Kier molecular flexibility index (Phi) is 17.4. The molecular formula is C53H72N4O5. The number of rotatable bonds is 15. The van der Waals surface area contributed by atoms with Crippen LogP contribution in [0.4, 0.5) is 0 Å². The molecule has 1 aliphatic heterocycles. The third kappa shape index (κ3) is 11.1. The van der Waals surface area contributed by atoms with Gasteiger partial charge in [0.25, 0.3) is 0 Å². The number of Topliss-reactive ketones (excluding diaryl/α,β-unsaturated/α-hetero) is 1. The summed E-state index contributed by atoms with van der Waals surface area (Å²) in [5.41, 5.74) is 12.4. The van der Waals surface area contributed by atoms with Crippen molar-refractivity contribution in [2.45, 2.75) is 140 Å². The fourth-order valence-corrected chi connectivity index (χ4v) is 9.24. The molecule has 0 saturated carbocycles. The Hall–Kier alpha value is -5.15. The zero-order valence-corrected chi connectivity index (χ0v) is 39.8. The number of carbonyl (C=O) groups excluding carboxylic acids is 3. The third-order valence-electron chi connectivity index (χ3n) is 13.0. The summed E-state index contributed by atoms with van der Waals surface area (Å²) in [5.74, 6) is -1.03. The second-order valence-corrected chi connectivity index (χ2v) is 17.8. The summed E-state index contributed by atoms with van der Waals surface area (Å²) in [7, 11) is 3.83. The Labute approximate surface area is 370 Å². The van der Waals surface area contributed by atoms with Crippen molar-refractivity contribution in [3.63, 3.8) is 0 Å². The molecule has 4 rings (SSSR count). The van der Waals surface area contributed by atoms with E-state index in [0.29, 0.717) is 63.5 Å². The monoisotopic (exact) mass is 845 g/mol. The Bertz CT molecular complexity index is 2430. The molecule has 0 radical (unpaired) electrons. The zero-order valence-electron chi connectivity index (χ0n) is 39.8. The van der Waals surface area contributed by atoms with Crippen LogP contribution in [0.1, 0.15) is 165 Å². The van der Waals surface area contributed by atoms with Crippen LogP contribution < -0.4 is 10.7 Å². The van der Waals surface area contributed by atoms with Gasteiger partial charge in [-0.25, -0.2) is 0 Å². The molecule has 334 valence electrons. The van der Waals surface area contributed by atoms with Gasteiger partial charge >= 0.3 is 5.97 Å². The second kappa shape index (κ2) is 21.8. The maximum atomic E-state index is 14.0. The largest absolute Gasteiger partial charge is 0.461 e. The van der Waals surface area contributed by atoms with E-state index in [-0.39, 0.29) is 42.8 Å². The summed E-state index contributed by atoms with van der Waals surface area (Å²) in [6.45, 7) is 22.3. The number of nitrogens with one attached hydrogen (secondary N) is 2. The molecule has 3 atom stereocenters. The number of esters is 1. The van der Waals surface area contributed by atoms with Crippen molar-refractivity contribution in [3.8, 4) is 0 Å². The van der Waals surface area contributed by atoms with E-state index in [1.54, 1.807) is 13.0 Å². The predicted molar refractivity (Wildman–Crippen MR) is 256 cm³/mol. The van der Waals surface area contributed by atoms with Crippen molar-refractivity contribution in [1.29, 1.82) is 10.8 Å². The van der Waals surface area contributed by atoms with Crippen molar-refractivity contribution < 1.29 is 24.2 Å². The highest BCUT2D eigenvalue weighted by Crippen LogP contribution is 2.36. The standard InChI is InChI=1S/C53H72N4O5/c1-14-39-43(30-58)35(8)27-47-50(38(11)59)37(10)45(56(47)12)26-34(7)36(9)41(22-23-49(61)62-25-24-33(6)21-17-20-32(5)19-16-18-31(3)4)52(55)42-28-48(60)51-40(15-2)46(29-44(39)54)57(13)53(42)51/h18,20,24,26-27,29-30,36,38,41,54-55,59H,14-17,19,21-23,25,28H2,1-13H3/b32-20+,33-24+,34-26+,35-27+,43-39-,46-29-,54-44?,55-52?/t36-,38-,41+/m1/s1. The molecule has 0 saturated heterocycles. The first-order valence-corrected chi connectivity index (χ1v) is 22.4. The van der Waals surface area contributed by atoms with E-state index in [4.69, 9.17) is 4.74 Å². The number of ether oxygens (including phenoxy) is 1. The Morgan fingerprint density at radius 1 is 0.919 bits per heavy atom. The van der Waals surface area contributed by atoms with E-state index in [9.17, 15) is 30.3 Å². The van der Waals surface area contributed by atoms with Gasteiger partial charge in [0.1, 0.15) is 6.61 Å². The van der Waals surface area contributed by atoms with Crippen molar-refractivity contribution in [2.75, 3.05) is 6.61 Å². The summed E-state index contributed by atoms with van der Waals surface area (Å²) in [6.07, 6.45) is 17.8. The number of hydrogen-bond acceptors (Lipinski definition) is 7. The van der Waals surface area contributed by atoms with Gasteiger partial charge in [0.05, 0.1) is 17.2 Å². The summed E-state index contributed by atoms with van der Waals surface area (Å²) in [5, 5.41) is 31.7. The summed E-state index contributed by atoms with van der Waals surface area (Å²) in [6, 6.07) is 0. The number of carbonyl (C=O) groups is 3. The zero-order chi connectivity index (χ0) is 46.2. The smallest absolute Gasteiger partial charge is 0.306 e. The van der Waals surface area contributed by atoms with Crippen molar-refractivity contribution in [2.24, 2.45) is 25.9 Å². The van der Waals surface area contributed by atoms with E-state index < -0.39 is 12.0 Å². The number of aldehydes is 1. The molecule has 4 bridgehead atoms. The number of fused-ring (bicyclic) bond motifs is 3. The van der Waals surface area contributed by atoms with Crippen LogP contribution in [0.5, 0.6) is 0 Å². The minimum atomic E-state index is -0.798. The van der Waals surface area contributed by atoms with Crippen LogP contribution in [0, 0.1) is 29.6 Å². The molecule has 62 heavy (non-hydrogen) atoms. The van der Waals surface area contributed by atoms with Crippen LogP contribution >= 0.6 is 0 Å². The number of ketones is 1. The van der Waals surface area contributed by atoms with Crippen LogP contribution in [0.2, 0.25) is 0 Å². The Balaban J connectivity index is 1.80. The highest BCUT2D eigenvalue weighted by atomic mass is 16.5. The van der Waals surface area contributed by atoms with Gasteiger partial charge in [0.2, 0.25) is 0 Å². The number of hydrogen-bond donors (Lipinski definition) is 3. The van der Waals surface area contributed by atoms with Gasteiger partial charge in [0.15, 0.2) is 12.1 Å². The van der Waals surface area contributed by atoms with Crippen LogP contribution in [-0.4, -0.2) is 50.3 Å². The van der Waals surface area contributed by atoms with Gasteiger partial charge < -0.3 is 29.8 Å². The second-order valence-electron chi connectivity index (χ2n) is 17.8. The quantitative estimate of drug-likeness (QED) is 0.0931. The van der Waals surface area contributed by atoms with Crippen LogP contribution in [0.25, 0.3) is 23.8 Å². The van der Waals surface area contributed by atoms with Crippen LogP contribution in [0.3, 0.4) is 0 Å². The lowest BCUT2D eigenvalue weighted by Crippen LogP contribution is -2.31. The molecule has 3 heterocycles. The van der Waals surface area contributed by atoms with E-state index in [2.05, 4.69) is 52.8 Å². The van der Waals surface area contributed by atoms with Crippen molar-refractivity contribution >= 4 is 53.3 Å². The molecule has 0 amide bonds. The van der Waals surface area contributed by atoms with Gasteiger partial charge in [0, 0.05) is 77.6 Å². The molecule has 2 aromatic rings. The summed E-state index contributed by atoms with van der Waals surface area (Å²) >= 11 is 0. The molecular weight excluding hydrogens is 773 g/mol. The molecule has 0 unspecified atom stereocenters. The lowest BCUT2D eigenvalue weighted by atomic mass is 9.78. The molecule has 3 N–H and O–H groups in total. The SMILES string of the molecule is CC/C1=C(C=O)/C(C)=C/c2c([C@@H](C)O)c(C)c(n2C)/C=C(\C)[C@@H](C)[C@H](CCC(=O)OC/C=C(\C)CC/C=C(\C)CCC=C(C)C)C(=N)C2=c3c(c(CC)/c(n3C)=C/C1=N)C(=O)C2. The fourth-order valence-electron chi connectivity index (χ4n) is 9.24. The fraction of sp³-hybridized carbons (Fsp3) is 0.491. The topological polar surface area (TPSA) is 138 Å². The summed E-state index contributed by atoms with van der Waals surface area (Å²) in [4.78, 5) is 40.2. The molecule has 2 aliphatic rings. The van der Waals surface area contributed by atoms with Crippen molar-refractivity contribution in [3.05, 3.63) is 102 Å². The molecule has 0 spiro atoms. The Morgan fingerprint density at radius 3 is 2.16 bits per heavy atom. The molecule has 9 heteroatoms. The summed E-state index contributed by atoms with van der Waals surface area (Å²) < 4.78 is 9.71. The van der Waals surface area contributed by atoms with E-state index in [1.165, 1.54) is 16.7 Å². The van der Waals surface area contributed by atoms with E-state index >= 15 is 0 Å². The lowest BCUT2D eigenvalue weighted by molar-refractivity contribution is -0.142. The van der Waals surface area contributed by atoms with Gasteiger partial charge in [-0.1, -0.05) is 55.2 Å². The van der Waals surface area contributed by atoms with Gasteiger partial charge in [-0.3, -0.25) is 14.4 Å². The first-order chi connectivity index (χ1) is 29.3. The number of aliphatic hydroxyl groups is 1. The molecule has 1 aliphatic carbocycles. The molecule has 9 nitrogen and oxygen atoms in total.